The summed E-state index contributed by atoms with van der Waals surface area (Å²) in [4.78, 5) is 27.9. The minimum atomic E-state index is 0.0138. The zero-order valence-electron chi connectivity index (χ0n) is 19.2. The third kappa shape index (κ3) is 4.59. The predicted molar refractivity (Wildman–Crippen MR) is 133 cm³/mol. The van der Waals surface area contributed by atoms with Gasteiger partial charge in [-0.3, -0.25) is 4.79 Å². The van der Waals surface area contributed by atoms with Crippen LogP contribution < -0.4 is 4.90 Å². The summed E-state index contributed by atoms with van der Waals surface area (Å²) in [6.45, 7) is 1.44. The molecule has 1 atom stereocenters. The van der Waals surface area contributed by atoms with Gasteiger partial charge in [0.2, 0.25) is 11.9 Å². The highest BCUT2D eigenvalue weighted by atomic mass is 35.5. The number of hydrogen-bond acceptors (Lipinski definition) is 6. The lowest BCUT2D eigenvalue weighted by Gasteiger charge is -2.33. The first kappa shape index (κ1) is 22.3. The van der Waals surface area contributed by atoms with Crippen molar-refractivity contribution in [3.8, 4) is 11.1 Å². The fourth-order valence-corrected chi connectivity index (χ4v) is 4.51. The molecule has 0 bridgehead atoms. The number of hydrogen-bond donors (Lipinski definition) is 0. The highest BCUT2D eigenvalue weighted by Gasteiger charge is 2.28. The minimum absolute atomic E-state index is 0.0138. The van der Waals surface area contributed by atoms with Crippen LogP contribution in [0, 0.1) is 0 Å². The number of halogens is 1. The number of anilines is 1. The lowest BCUT2D eigenvalue weighted by molar-refractivity contribution is -0.133. The van der Waals surface area contributed by atoms with Crippen LogP contribution in [0.4, 0.5) is 5.95 Å². The summed E-state index contributed by atoms with van der Waals surface area (Å²) in [7, 11) is 3.86. The van der Waals surface area contributed by atoms with E-state index >= 15 is 0 Å². The third-order valence-corrected chi connectivity index (χ3v) is 6.38. The number of nitrogens with zero attached hydrogens (tertiary/aromatic N) is 7. The van der Waals surface area contributed by atoms with Crippen LogP contribution in [-0.4, -0.2) is 63.0 Å². The van der Waals surface area contributed by atoms with Crippen molar-refractivity contribution < 1.29 is 4.79 Å². The lowest BCUT2D eigenvalue weighted by atomic mass is 9.90. The van der Waals surface area contributed by atoms with Gasteiger partial charge in [-0.25, -0.2) is 9.97 Å². The summed E-state index contributed by atoms with van der Waals surface area (Å²) in [6.07, 6.45) is 3.74. The second-order valence-corrected chi connectivity index (χ2v) is 9.20. The fourth-order valence-electron chi connectivity index (χ4n) is 4.39. The molecule has 34 heavy (non-hydrogen) atoms. The smallest absolute Gasteiger partial charge is 0.246 e. The molecule has 2 aromatic carbocycles. The molecule has 2 aromatic heterocycles. The van der Waals surface area contributed by atoms with Gasteiger partial charge >= 0.3 is 0 Å². The van der Waals surface area contributed by atoms with Crippen LogP contribution in [0.3, 0.4) is 0 Å². The summed E-state index contributed by atoms with van der Waals surface area (Å²) in [6, 6.07) is 15.3. The Labute approximate surface area is 203 Å². The molecule has 1 saturated heterocycles. The quantitative estimate of drug-likeness (QED) is 0.434. The van der Waals surface area contributed by atoms with E-state index in [1.54, 1.807) is 0 Å². The van der Waals surface area contributed by atoms with Gasteiger partial charge in [-0.1, -0.05) is 35.9 Å². The maximum Gasteiger partial charge on any atom is 0.246 e. The van der Waals surface area contributed by atoms with Gasteiger partial charge in [0.25, 0.3) is 0 Å². The maximum absolute atomic E-state index is 13.2. The molecule has 5 rings (SSSR count). The summed E-state index contributed by atoms with van der Waals surface area (Å²) in [5.74, 6) is 0.776. The molecule has 4 aromatic rings. The molecule has 1 fully saturated rings. The van der Waals surface area contributed by atoms with E-state index in [0.717, 1.165) is 47.2 Å². The van der Waals surface area contributed by atoms with E-state index in [2.05, 4.69) is 15.2 Å². The predicted octanol–water partition coefficient (Wildman–Crippen LogP) is 4.01. The molecular weight excluding hydrogens is 450 g/mol. The van der Waals surface area contributed by atoms with Crippen molar-refractivity contribution in [2.45, 2.75) is 25.3 Å². The van der Waals surface area contributed by atoms with E-state index in [4.69, 9.17) is 16.6 Å². The number of likely N-dealkylation sites (tertiary alicyclic amines) is 1. The first-order valence-electron chi connectivity index (χ1n) is 11.4. The molecule has 8 nitrogen and oxygen atoms in total. The van der Waals surface area contributed by atoms with Gasteiger partial charge in [-0.05, 0) is 42.7 Å². The number of rotatable bonds is 5. The van der Waals surface area contributed by atoms with Gasteiger partial charge in [0.1, 0.15) is 17.6 Å². The molecule has 174 valence electrons. The van der Waals surface area contributed by atoms with Crippen LogP contribution in [0.15, 0.2) is 54.7 Å². The number of fused-ring (bicyclic) bond motifs is 1. The summed E-state index contributed by atoms with van der Waals surface area (Å²) in [5.41, 5.74) is 4.52. The average Bonchev–Trinajstić information content (AvgIpc) is 3.26. The van der Waals surface area contributed by atoms with E-state index in [-0.39, 0.29) is 18.4 Å². The molecule has 1 aliphatic heterocycles. The van der Waals surface area contributed by atoms with Crippen molar-refractivity contribution in [1.82, 2.24) is 29.9 Å². The average molecular weight is 476 g/mol. The maximum atomic E-state index is 13.2. The monoisotopic (exact) mass is 475 g/mol. The van der Waals surface area contributed by atoms with Gasteiger partial charge in [0, 0.05) is 49.9 Å². The van der Waals surface area contributed by atoms with E-state index in [0.29, 0.717) is 17.5 Å². The van der Waals surface area contributed by atoms with Crippen molar-refractivity contribution in [3.05, 3.63) is 65.4 Å². The van der Waals surface area contributed by atoms with Crippen LogP contribution in [0.5, 0.6) is 0 Å². The first-order chi connectivity index (χ1) is 16.5. The van der Waals surface area contributed by atoms with Crippen LogP contribution in [-0.2, 0) is 11.3 Å². The molecule has 3 heterocycles. The molecule has 0 radical (unpaired) electrons. The number of aromatic nitrogens is 5. The van der Waals surface area contributed by atoms with E-state index in [1.165, 1.54) is 4.80 Å². The summed E-state index contributed by atoms with van der Waals surface area (Å²) in [5, 5.41) is 9.56. The van der Waals surface area contributed by atoms with E-state index < -0.39 is 0 Å². The Kier molecular flexibility index (Phi) is 6.15. The normalized spacial score (nSPS) is 16.1. The van der Waals surface area contributed by atoms with E-state index in [1.807, 2.05) is 78.6 Å². The van der Waals surface area contributed by atoms with Gasteiger partial charge in [0.05, 0.1) is 5.69 Å². The minimum Gasteiger partial charge on any atom is -0.347 e. The Bertz CT molecular complexity index is 1290. The molecule has 1 amide bonds. The molecule has 0 saturated carbocycles. The number of carbonyl (C=O) groups is 1. The van der Waals surface area contributed by atoms with Crippen LogP contribution in [0.25, 0.3) is 22.2 Å². The molecule has 0 spiro atoms. The van der Waals surface area contributed by atoms with Crippen molar-refractivity contribution in [2.75, 3.05) is 32.1 Å². The third-order valence-electron chi connectivity index (χ3n) is 6.13. The van der Waals surface area contributed by atoms with E-state index in [9.17, 15) is 4.79 Å². The first-order valence-corrected chi connectivity index (χ1v) is 11.7. The number of benzene rings is 2. The molecule has 0 aliphatic carbocycles. The Hall–Kier alpha value is -3.52. The summed E-state index contributed by atoms with van der Waals surface area (Å²) < 4.78 is 0. The highest BCUT2D eigenvalue weighted by molar-refractivity contribution is 6.30. The summed E-state index contributed by atoms with van der Waals surface area (Å²) >= 11 is 6.11. The SMILES string of the molecule is CN(C)c1ncc(-c2ccc(Cl)cc2)c([C@@H]2CCCN(C(=O)Cn3nc4ccccc4n3)C2)n1. The van der Waals surface area contributed by atoms with Gasteiger partial charge in [-0.15, -0.1) is 0 Å². The van der Waals surface area contributed by atoms with Gasteiger partial charge < -0.3 is 9.80 Å². The van der Waals surface area contributed by atoms with Crippen molar-refractivity contribution in [2.24, 2.45) is 0 Å². The number of amides is 1. The van der Waals surface area contributed by atoms with Gasteiger partial charge in [0.15, 0.2) is 0 Å². The molecule has 9 heteroatoms. The molecule has 1 aliphatic rings. The van der Waals surface area contributed by atoms with Crippen molar-refractivity contribution >= 4 is 34.5 Å². The Morgan fingerprint density at radius 2 is 1.79 bits per heavy atom. The highest BCUT2D eigenvalue weighted by Crippen LogP contribution is 2.34. The fraction of sp³-hybridized carbons (Fsp3) is 0.320. The molecular formula is C25H26ClN7O. The van der Waals surface area contributed by atoms with Crippen LogP contribution in [0.1, 0.15) is 24.5 Å². The van der Waals surface area contributed by atoms with Crippen molar-refractivity contribution in [1.29, 1.82) is 0 Å². The van der Waals surface area contributed by atoms with Gasteiger partial charge in [-0.2, -0.15) is 15.0 Å². The second-order valence-electron chi connectivity index (χ2n) is 8.77. The standard InChI is InChI=1S/C25H26ClN7O/c1-31(2)25-27-14-20(17-9-11-19(26)12-10-17)24(28-25)18-6-5-13-32(15-18)23(34)16-33-29-21-7-3-4-8-22(21)30-33/h3-4,7-12,14,18H,5-6,13,15-16H2,1-2H3/t18-/m1/s1. The molecule has 0 N–H and O–H groups in total. The molecule has 0 unspecified atom stereocenters. The number of carbonyl (C=O) groups excluding carboxylic acids is 1. The Morgan fingerprint density at radius 3 is 2.47 bits per heavy atom. The topological polar surface area (TPSA) is 80.0 Å². The lowest BCUT2D eigenvalue weighted by Crippen LogP contribution is -2.41. The van der Waals surface area contributed by atoms with Crippen LogP contribution in [0.2, 0.25) is 5.02 Å². The van der Waals surface area contributed by atoms with Crippen molar-refractivity contribution in [3.63, 3.8) is 0 Å². The number of piperidine rings is 1. The second kappa shape index (κ2) is 9.38. The zero-order valence-corrected chi connectivity index (χ0v) is 20.0. The van der Waals surface area contributed by atoms with Crippen LogP contribution >= 0.6 is 11.6 Å². The zero-order chi connectivity index (χ0) is 23.7. The Balaban J connectivity index is 1.40. The largest absolute Gasteiger partial charge is 0.347 e. The Morgan fingerprint density at radius 1 is 1.09 bits per heavy atom.